The number of likely N-dealkylation sites (tertiary alicyclic amines) is 1. The maximum absolute atomic E-state index is 12.6. The Morgan fingerprint density at radius 3 is 2.38 bits per heavy atom. The third-order valence-corrected chi connectivity index (χ3v) is 4.91. The van der Waals surface area contributed by atoms with Gasteiger partial charge in [-0.2, -0.15) is 0 Å². The van der Waals surface area contributed by atoms with E-state index in [0.717, 1.165) is 18.4 Å². The van der Waals surface area contributed by atoms with Crippen LogP contribution in [-0.2, 0) is 4.74 Å². The van der Waals surface area contributed by atoms with E-state index in [4.69, 9.17) is 4.74 Å². The molecule has 1 aromatic rings. The predicted molar refractivity (Wildman–Crippen MR) is 134 cm³/mol. The van der Waals surface area contributed by atoms with Crippen LogP contribution >= 0.6 is 24.0 Å². The van der Waals surface area contributed by atoms with Crippen LogP contribution in [0.25, 0.3) is 0 Å². The van der Waals surface area contributed by atoms with Crippen molar-refractivity contribution in [2.45, 2.75) is 57.7 Å². The molecule has 1 amide bonds. The molecule has 32 heavy (non-hydrogen) atoms. The first-order valence-corrected chi connectivity index (χ1v) is 10.7. The summed E-state index contributed by atoms with van der Waals surface area (Å²) in [4.78, 5) is 18.4. The van der Waals surface area contributed by atoms with Crippen LogP contribution in [0.1, 0.15) is 45.2 Å². The van der Waals surface area contributed by atoms with Gasteiger partial charge in [0.15, 0.2) is 5.96 Å². The molecule has 1 aromatic carbocycles. The quantitative estimate of drug-likeness (QED) is 0.266. The van der Waals surface area contributed by atoms with Crippen molar-refractivity contribution in [1.29, 1.82) is 0 Å². The molecule has 0 aromatic heterocycles. The molecule has 0 radical (unpaired) electrons. The number of benzene rings is 1. The topological polar surface area (TPSA) is 78.0 Å². The summed E-state index contributed by atoms with van der Waals surface area (Å²) in [6.07, 6.45) is -1.25. The van der Waals surface area contributed by atoms with Crippen LogP contribution in [0.15, 0.2) is 35.3 Å². The molecule has 1 aliphatic rings. The zero-order valence-electron chi connectivity index (χ0n) is 19.2. The van der Waals surface area contributed by atoms with Crippen molar-refractivity contribution in [1.82, 2.24) is 20.9 Å². The average molecular weight is 567 g/mol. The summed E-state index contributed by atoms with van der Waals surface area (Å²) in [5, 5.41) is 9.53. The van der Waals surface area contributed by atoms with Gasteiger partial charge in [-0.15, -0.1) is 24.0 Å². The highest BCUT2D eigenvalue weighted by atomic mass is 127. The van der Waals surface area contributed by atoms with E-state index in [2.05, 4.69) is 20.9 Å². The first kappa shape index (κ1) is 28.3. The van der Waals surface area contributed by atoms with Gasteiger partial charge >= 0.3 is 6.09 Å². The Morgan fingerprint density at radius 1 is 1.22 bits per heavy atom. The number of piperidine rings is 1. The number of alkyl carbamates (subject to hydrolysis) is 1. The van der Waals surface area contributed by atoms with Gasteiger partial charge in [-0.1, -0.05) is 30.3 Å². The summed E-state index contributed by atoms with van der Waals surface area (Å²) < 4.78 is 30.5. The highest BCUT2D eigenvalue weighted by Crippen LogP contribution is 2.15. The summed E-state index contributed by atoms with van der Waals surface area (Å²) in [7, 11) is 1.68. The standard InChI is InChI=1S/C22H35F2N5O2.HI/c1-22(2,3)31-21(30)28-18(16-8-6-5-7-9-16)14-26-20(25-4)27-17-10-12-29(13-11-17)15-19(23)24;/h5-9,17-19H,10-15H2,1-4H3,(H,28,30)(H2,25,26,27);1H. The fraction of sp³-hybridized carbons (Fsp3) is 0.636. The molecule has 2 rings (SSSR count). The minimum absolute atomic E-state index is 0. The largest absolute Gasteiger partial charge is 0.444 e. The van der Waals surface area contributed by atoms with E-state index in [1.807, 2.05) is 51.1 Å². The lowest BCUT2D eigenvalue weighted by molar-refractivity contribution is 0.0504. The van der Waals surface area contributed by atoms with Crippen molar-refractivity contribution >= 4 is 36.0 Å². The van der Waals surface area contributed by atoms with Crippen LogP contribution in [0.2, 0.25) is 0 Å². The van der Waals surface area contributed by atoms with Crippen LogP contribution in [0.5, 0.6) is 0 Å². The van der Waals surface area contributed by atoms with Gasteiger partial charge in [-0.05, 0) is 39.2 Å². The van der Waals surface area contributed by atoms with E-state index >= 15 is 0 Å². The lowest BCUT2D eigenvalue weighted by Crippen LogP contribution is -2.50. The number of nitrogens with zero attached hydrogens (tertiary/aromatic N) is 2. The summed E-state index contributed by atoms with van der Waals surface area (Å²) in [5.74, 6) is 0.610. The average Bonchev–Trinajstić information content (AvgIpc) is 2.70. The third kappa shape index (κ3) is 10.8. The SMILES string of the molecule is CN=C(NCC(NC(=O)OC(C)(C)C)c1ccccc1)NC1CCN(CC(F)F)CC1.I. The summed E-state index contributed by atoms with van der Waals surface area (Å²) in [6, 6.07) is 9.48. The smallest absolute Gasteiger partial charge is 0.408 e. The highest BCUT2D eigenvalue weighted by Gasteiger charge is 2.23. The number of hydrogen-bond acceptors (Lipinski definition) is 4. The Bertz CT molecular complexity index is 708. The van der Waals surface area contributed by atoms with E-state index in [1.165, 1.54) is 0 Å². The number of halogens is 3. The van der Waals surface area contributed by atoms with Crippen LogP contribution in [0.3, 0.4) is 0 Å². The van der Waals surface area contributed by atoms with Crippen molar-refractivity contribution in [3.05, 3.63) is 35.9 Å². The van der Waals surface area contributed by atoms with E-state index in [1.54, 1.807) is 11.9 Å². The molecule has 0 saturated carbocycles. The van der Waals surface area contributed by atoms with Gasteiger partial charge in [-0.3, -0.25) is 9.89 Å². The van der Waals surface area contributed by atoms with Gasteiger partial charge in [0.1, 0.15) is 5.60 Å². The molecule has 0 spiro atoms. The molecule has 0 aliphatic carbocycles. The molecule has 10 heteroatoms. The third-order valence-electron chi connectivity index (χ3n) is 4.91. The highest BCUT2D eigenvalue weighted by molar-refractivity contribution is 14.0. The van der Waals surface area contributed by atoms with Crippen molar-refractivity contribution in [2.24, 2.45) is 4.99 Å². The van der Waals surface area contributed by atoms with E-state index < -0.39 is 18.1 Å². The zero-order valence-corrected chi connectivity index (χ0v) is 21.6. The van der Waals surface area contributed by atoms with Gasteiger partial charge in [0.2, 0.25) is 0 Å². The molecule has 1 saturated heterocycles. The summed E-state index contributed by atoms with van der Waals surface area (Å²) in [6.45, 7) is 6.96. The van der Waals surface area contributed by atoms with Gasteiger partial charge < -0.3 is 20.7 Å². The second kappa shape index (κ2) is 13.8. The van der Waals surface area contributed by atoms with Crippen molar-refractivity contribution in [2.75, 3.05) is 33.2 Å². The number of hydrogen-bond donors (Lipinski definition) is 3. The van der Waals surface area contributed by atoms with Gasteiger partial charge in [0.05, 0.1) is 12.6 Å². The number of alkyl halides is 2. The number of aliphatic imine (C=N–C) groups is 1. The van der Waals surface area contributed by atoms with Crippen LogP contribution in [-0.4, -0.2) is 68.2 Å². The van der Waals surface area contributed by atoms with Crippen molar-refractivity contribution in [3.63, 3.8) is 0 Å². The fourth-order valence-electron chi connectivity index (χ4n) is 3.43. The molecule has 1 fully saturated rings. The predicted octanol–water partition coefficient (Wildman–Crippen LogP) is 3.76. The van der Waals surface area contributed by atoms with Gasteiger partial charge in [-0.25, -0.2) is 13.6 Å². The molecule has 1 heterocycles. The Balaban J connectivity index is 0.00000512. The molecule has 1 unspecified atom stereocenters. The number of ether oxygens (including phenoxy) is 1. The molecule has 7 nitrogen and oxygen atoms in total. The van der Waals surface area contributed by atoms with Crippen molar-refractivity contribution in [3.8, 4) is 0 Å². The molecule has 0 bridgehead atoms. The molecular formula is C22H36F2IN5O2. The molecule has 1 atom stereocenters. The minimum atomic E-state index is -2.30. The lowest BCUT2D eigenvalue weighted by Gasteiger charge is -2.33. The number of carbonyl (C=O) groups is 1. The molecular weight excluding hydrogens is 531 g/mol. The Hall–Kier alpha value is -1.69. The van der Waals surface area contributed by atoms with Gasteiger partial charge in [0, 0.05) is 32.7 Å². The Morgan fingerprint density at radius 2 is 1.84 bits per heavy atom. The summed E-state index contributed by atoms with van der Waals surface area (Å²) >= 11 is 0. The van der Waals surface area contributed by atoms with Crippen LogP contribution in [0.4, 0.5) is 13.6 Å². The molecule has 3 N–H and O–H groups in total. The number of carbonyl (C=O) groups excluding carboxylic acids is 1. The Labute approximate surface area is 206 Å². The number of amides is 1. The minimum Gasteiger partial charge on any atom is -0.444 e. The van der Waals surface area contributed by atoms with Crippen LogP contribution < -0.4 is 16.0 Å². The number of guanidine groups is 1. The van der Waals surface area contributed by atoms with Crippen LogP contribution in [0, 0.1) is 0 Å². The molecule has 182 valence electrons. The number of nitrogens with one attached hydrogen (secondary N) is 3. The Kier molecular flexibility index (Phi) is 12.2. The van der Waals surface area contributed by atoms with Gasteiger partial charge in [0.25, 0.3) is 6.43 Å². The van der Waals surface area contributed by atoms with E-state index in [9.17, 15) is 13.6 Å². The maximum Gasteiger partial charge on any atom is 0.408 e. The fourth-order valence-corrected chi connectivity index (χ4v) is 3.43. The summed E-state index contributed by atoms with van der Waals surface area (Å²) in [5.41, 5.74) is 0.354. The second-order valence-corrected chi connectivity index (χ2v) is 8.67. The van der Waals surface area contributed by atoms with Crippen molar-refractivity contribution < 1.29 is 18.3 Å². The molecule has 1 aliphatic heterocycles. The zero-order chi connectivity index (χ0) is 22.9. The normalized spacial score (nSPS) is 16.8. The first-order valence-electron chi connectivity index (χ1n) is 10.7. The van der Waals surface area contributed by atoms with E-state index in [0.29, 0.717) is 25.6 Å². The number of rotatable bonds is 7. The second-order valence-electron chi connectivity index (χ2n) is 8.67. The lowest BCUT2D eigenvalue weighted by atomic mass is 10.1. The first-order chi connectivity index (χ1) is 14.7. The van der Waals surface area contributed by atoms with E-state index in [-0.39, 0.29) is 42.6 Å². The maximum atomic E-state index is 12.6. The monoisotopic (exact) mass is 567 g/mol.